The van der Waals surface area contributed by atoms with Crippen LogP contribution in [-0.2, 0) is 6.54 Å². The summed E-state index contributed by atoms with van der Waals surface area (Å²) in [5.41, 5.74) is 7.47. The molecule has 0 radical (unpaired) electrons. The van der Waals surface area contributed by atoms with E-state index < -0.39 is 0 Å². The third-order valence-electron chi connectivity index (χ3n) is 4.23. The number of nitrogens with zero attached hydrogens (tertiary/aromatic N) is 1. The lowest BCUT2D eigenvalue weighted by Crippen LogP contribution is -2.22. The summed E-state index contributed by atoms with van der Waals surface area (Å²) in [7, 11) is 3.17. The van der Waals surface area contributed by atoms with E-state index in [1.165, 1.54) is 11.3 Å². The minimum Gasteiger partial charge on any atom is -0.493 e. The maximum absolute atomic E-state index is 12.6. The molecule has 0 bridgehead atoms. The molecule has 3 N–H and O–H groups in total. The van der Waals surface area contributed by atoms with E-state index in [-0.39, 0.29) is 5.91 Å². The number of carbonyl (C=O) groups excluding carboxylic acids is 1. The lowest BCUT2D eigenvalue weighted by atomic mass is 10.1. The maximum atomic E-state index is 12.6. The van der Waals surface area contributed by atoms with Crippen LogP contribution >= 0.6 is 22.7 Å². The smallest absolute Gasteiger partial charge is 0.263 e. The van der Waals surface area contributed by atoms with Crippen molar-refractivity contribution >= 4 is 55.4 Å². The van der Waals surface area contributed by atoms with Crippen LogP contribution in [0.1, 0.15) is 14.5 Å². The number of hydrogen-bond acceptors (Lipinski definition) is 7. The van der Waals surface area contributed by atoms with Crippen LogP contribution in [0.4, 0.5) is 5.69 Å². The second-order valence-corrected chi connectivity index (χ2v) is 7.88. The molecule has 27 heavy (non-hydrogen) atoms. The average Bonchev–Trinajstić information content (AvgIpc) is 3.31. The van der Waals surface area contributed by atoms with Crippen LogP contribution in [-0.4, -0.2) is 25.1 Å². The van der Waals surface area contributed by atoms with Gasteiger partial charge in [0.2, 0.25) is 0 Å². The summed E-state index contributed by atoms with van der Waals surface area (Å²) in [6.45, 7) is 0.480. The Labute approximate surface area is 163 Å². The van der Waals surface area contributed by atoms with Gasteiger partial charge in [-0.05, 0) is 23.6 Å². The lowest BCUT2D eigenvalue weighted by molar-refractivity contribution is 0.0956. The van der Waals surface area contributed by atoms with Crippen molar-refractivity contribution in [2.45, 2.75) is 6.54 Å². The van der Waals surface area contributed by atoms with Gasteiger partial charge in [-0.1, -0.05) is 6.07 Å². The molecule has 6 nitrogen and oxygen atoms in total. The number of nitrogen functional groups attached to an aromatic ring is 1. The summed E-state index contributed by atoms with van der Waals surface area (Å²) < 4.78 is 10.7. The van der Waals surface area contributed by atoms with Crippen LogP contribution in [0.2, 0.25) is 0 Å². The predicted octanol–water partition coefficient (Wildman–Crippen LogP) is 4.04. The highest BCUT2D eigenvalue weighted by molar-refractivity contribution is 7.21. The number of hydrogen-bond donors (Lipinski definition) is 2. The van der Waals surface area contributed by atoms with E-state index in [1.807, 2.05) is 35.7 Å². The van der Waals surface area contributed by atoms with Crippen molar-refractivity contribution in [2.75, 3.05) is 20.0 Å². The van der Waals surface area contributed by atoms with Gasteiger partial charge >= 0.3 is 0 Å². The van der Waals surface area contributed by atoms with E-state index in [2.05, 4.69) is 10.3 Å². The van der Waals surface area contributed by atoms with Gasteiger partial charge in [-0.15, -0.1) is 22.7 Å². The number of carbonyl (C=O) groups is 1. The number of pyridine rings is 1. The highest BCUT2D eigenvalue weighted by atomic mass is 32.1. The van der Waals surface area contributed by atoms with Crippen LogP contribution < -0.4 is 20.5 Å². The minimum absolute atomic E-state index is 0.192. The van der Waals surface area contributed by atoms with Crippen molar-refractivity contribution in [3.63, 3.8) is 0 Å². The number of amides is 1. The fourth-order valence-corrected chi connectivity index (χ4v) is 4.50. The molecule has 0 fully saturated rings. The van der Waals surface area contributed by atoms with Crippen molar-refractivity contribution in [3.8, 4) is 11.5 Å². The van der Waals surface area contributed by atoms with Gasteiger partial charge in [0.1, 0.15) is 9.71 Å². The number of rotatable bonds is 5. The SMILES string of the molecule is COc1cc2cc3c(N)c(C(=O)NCc4cccs4)sc3nc2cc1OC. The Morgan fingerprint density at radius 1 is 1.22 bits per heavy atom. The summed E-state index contributed by atoms with van der Waals surface area (Å²) in [5.74, 6) is 1.03. The standard InChI is InChI=1S/C19H17N3O3S2/c1-24-14-7-10-6-12-16(20)17(18(23)21-9-11-4-3-5-26-11)27-19(12)22-13(10)8-15(14)25-2/h3-8H,9,20H2,1-2H3,(H,21,23). The Kier molecular flexibility index (Phi) is 4.59. The molecule has 3 aromatic heterocycles. The quantitative estimate of drug-likeness (QED) is 0.529. The zero-order valence-electron chi connectivity index (χ0n) is 14.7. The van der Waals surface area contributed by atoms with E-state index >= 15 is 0 Å². The molecule has 0 aliphatic rings. The van der Waals surface area contributed by atoms with Crippen LogP contribution in [0.15, 0.2) is 35.7 Å². The summed E-state index contributed by atoms with van der Waals surface area (Å²) in [4.78, 5) is 19.5. The highest BCUT2D eigenvalue weighted by Crippen LogP contribution is 2.37. The van der Waals surface area contributed by atoms with Crippen molar-refractivity contribution in [1.82, 2.24) is 10.3 Å². The Morgan fingerprint density at radius 3 is 2.70 bits per heavy atom. The van der Waals surface area contributed by atoms with E-state index in [4.69, 9.17) is 15.2 Å². The summed E-state index contributed by atoms with van der Waals surface area (Å²) in [6.07, 6.45) is 0. The Hall–Kier alpha value is -2.84. The second-order valence-electron chi connectivity index (χ2n) is 5.85. The largest absolute Gasteiger partial charge is 0.493 e. The van der Waals surface area contributed by atoms with Crippen LogP contribution in [0.5, 0.6) is 11.5 Å². The number of thiophene rings is 2. The molecule has 0 spiro atoms. The minimum atomic E-state index is -0.192. The molecule has 0 aliphatic carbocycles. The molecular formula is C19H17N3O3S2. The molecule has 3 heterocycles. The topological polar surface area (TPSA) is 86.5 Å². The first kappa shape index (κ1) is 17.6. The van der Waals surface area contributed by atoms with Gasteiger partial charge in [0, 0.05) is 21.7 Å². The molecule has 8 heteroatoms. The number of nitrogens with two attached hydrogens (primary N) is 1. The first-order valence-electron chi connectivity index (χ1n) is 8.16. The molecular weight excluding hydrogens is 382 g/mol. The van der Waals surface area contributed by atoms with Crippen LogP contribution in [0, 0.1) is 0 Å². The van der Waals surface area contributed by atoms with Gasteiger partial charge in [-0.25, -0.2) is 4.98 Å². The molecule has 4 aromatic rings. The maximum Gasteiger partial charge on any atom is 0.263 e. The third-order valence-corrected chi connectivity index (χ3v) is 6.22. The average molecular weight is 399 g/mol. The van der Waals surface area contributed by atoms with Crippen molar-refractivity contribution in [1.29, 1.82) is 0 Å². The van der Waals surface area contributed by atoms with E-state index in [9.17, 15) is 4.79 Å². The van der Waals surface area contributed by atoms with Crippen LogP contribution in [0.25, 0.3) is 21.1 Å². The fraction of sp³-hybridized carbons (Fsp3) is 0.158. The van der Waals surface area contributed by atoms with Gasteiger partial charge in [-0.3, -0.25) is 4.79 Å². The van der Waals surface area contributed by atoms with E-state index in [0.29, 0.717) is 33.4 Å². The lowest BCUT2D eigenvalue weighted by Gasteiger charge is -2.08. The molecule has 0 atom stereocenters. The monoisotopic (exact) mass is 399 g/mol. The number of benzene rings is 1. The third kappa shape index (κ3) is 3.17. The predicted molar refractivity (Wildman–Crippen MR) is 110 cm³/mol. The normalized spacial score (nSPS) is 11.0. The second kappa shape index (κ2) is 7.05. The zero-order chi connectivity index (χ0) is 19.0. The first-order chi connectivity index (χ1) is 13.1. The first-order valence-corrected chi connectivity index (χ1v) is 9.85. The number of methoxy groups -OCH3 is 2. The summed E-state index contributed by atoms with van der Waals surface area (Å²) in [6, 6.07) is 9.54. The molecule has 1 amide bonds. The molecule has 0 saturated carbocycles. The Bertz CT molecular complexity index is 1140. The van der Waals surface area contributed by atoms with Crippen molar-refractivity contribution in [3.05, 3.63) is 45.5 Å². The van der Waals surface area contributed by atoms with Gasteiger partial charge in [-0.2, -0.15) is 0 Å². The van der Waals surface area contributed by atoms with Gasteiger partial charge < -0.3 is 20.5 Å². The molecule has 0 saturated heterocycles. The molecule has 4 rings (SSSR count). The number of nitrogens with one attached hydrogen (secondary N) is 1. The van der Waals surface area contributed by atoms with Crippen molar-refractivity contribution in [2.24, 2.45) is 0 Å². The summed E-state index contributed by atoms with van der Waals surface area (Å²) in [5, 5.41) is 6.53. The Morgan fingerprint density at radius 2 is 2.00 bits per heavy atom. The highest BCUT2D eigenvalue weighted by Gasteiger charge is 2.18. The fourth-order valence-electron chi connectivity index (χ4n) is 2.86. The molecule has 138 valence electrons. The number of fused-ring (bicyclic) bond motifs is 2. The van der Waals surface area contributed by atoms with Crippen molar-refractivity contribution < 1.29 is 14.3 Å². The molecule has 0 unspecified atom stereocenters. The van der Waals surface area contributed by atoms with E-state index in [1.54, 1.807) is 25.6 Å². The number of anilines is 1. The van der Waals surface area contributed by atoms with E-state index in [0.717, 1.165) is 21.2 Å². The zero-order valence-corrected chi connectivity index (χ0v) is 16.4. The molecule has 0 aliphatic heterocycles. The Balaban J connectivity index is 1.73. The van der Waals surface area contributed by atoms with Gasteiger partial charge in [0.15, 0.2) is 11.5 Å². The molecule has 1 aromatic carbocycles. The van der Waals surface area contributed by atoms with Gasteiger partial charge in [0.05, 0.1) is 32.0 Å². The number of aromatic nitrogens is 1. The number of ether oxygens (including phenoxy) is 2. The summed E-state index contributed by atoms with van der Waals surface area (Å²) >= 11 is 2.89. The van der Waals surface area contributed by atoms with Crippen LogP contribution in [0.3, 0.4) is 0 Å². The van der Waals surface area contributed by atoms with Gasteiger partial charge in [0.25, 0.3) is 5.91 Å².